The second-order valence-corrected chi connectivity index (χ2v) is 7.55. The van der Waals surface area contributed by atoms with E-state index in [9.17, 15) is 19.6 Å². The van der Waals surface area contributed by atoms with E-state index < -0.39 is 29.9 Å². The lowest BCUT2D eigenvalue weighted by atomic mass is 9.90. The van der Waals surface area contributed by atoms with Crippen molar-refractivity contribution >= 4 is 23.5 Å². The van der Waals surface area contributed by atoms with Crippen LogP contribution in [0.5, 0.6) is 0 Å². The Kier molecular flexibility index (Phi) is 6.79. The van der Waals surface area contributed by atoms with Gasteiger partial charge in [-0.15, -0.1) is 0 Å². The average molecular weight is 385 g/mol. The van der Waals surface area contributed by atoms with Gasteiger partial charge in [-0.25, -0.2) is 0 Å². The fourth-order valence-corrected chi connectivity index (χ4v) is 2.91. The van der Waals surface area contributed by atoms with Crippen LogP contribution in [-0.4, -0.2) is 36.5 Å². The first kappa shape index (κ1) is 21.4. The van der Waals surface area contributed by atoms with Crippen LogP contribution in [0.4, 0.5) is 5.69 Å². The highest BCUT2D eigenvalue weighted by Gasteiger charge is 2.37. The number of aryl methyl sites for hydroxylation is 1. The van der Waals surface area contributed by atoms with E-state index in [1.807, 2.05) is 38.1 Å². The van der Waals surface area contributed by atoms with Crippen molar-refractivity contribution in [2.45, 2.75) is 46.1 Å². The van der Waals surface area contributed by atoms with Gasteiger partial charge in [-0.1, -0.05) is 32.9 Å². The summed E-state index contributed by atoms with van der Waals surface area (Å²) in [6.07, 6.45) is 0.963. The standard InChI is InChI=1S/C21H27N3O4/c1-5-15-6-8-17(9-7-15)24-11-16(10-19(24)26)20(27)28-12-18(25)23-21(4,13-22)14(2)3/h6-9,14,16H,5,10-12H2,1-4H3,(H,23,25)/t16-,21+/m0/s1. The number of nitrogens with one attached hydrogen (secondary N) is 1. The van der Waals surface area contributed by atoms with E-state index in [0.717, 1.165) is 12.1 Å². The molecule has 1 fully saturated rings. The number of hydrogen-bond acceptors (Lipinski definition) is 5. The average Bonchev–Trinajstić information content (AvgIpc) is 3.07. The first-order chi connectivity index (χ1) is 13.2. The fourth-order valence-electron chi connectivity index (χ4n) is 2.91. The zero-order valence-corrected chi connectivity index (χ0v) is 16.8. The van der Waals surface area contributed by atoms with Crippen molar-refractivity contribution in [3.63, 3.8) is 0 Å². The minimum absolute atomic E-state index is 0.0535. The summed E-state index contributed by atoms with van der Waals surface area (Å²) in [5, 5.41) is 11.8. The number of nitriles is 1. The lowest BCUT2D eigenvalue weighted by Gasteiger charge is -2.27. The van der Waals surface area contributed by atoms with Gasteiger partial charge < -0.3 is 15.0 Å². The number of benzene rings is 1. The van der Waals surface area contributed by atoms with Gasteiger partial charge in [-0.05, 0) is 37.0 Å². The molecule has 0 radical (unpaired) electrons. The lowest BCUT2D eigenvalue weighted by Crippen LogP contribution is -2.50. The molecule has 0 aliphatic carbocycles. The van der Waals surface area contributed by atoms with Crippen molar-refractivity contribution in [2.24, 2.45) is 11.8 Å². The van der Waals surface area contributed by atoms with Crippen LogP contribution in [0.2, 0.25) is 0 Å². The van der Waals surface area contributed by atoms with Gasteiger partial charge >= 0.3 is 5.97 Å². The van der Waals surface area contributed by atoms with Gasteiger partial charge in [0.15, 0.2) is 6.61 Å². The third-order valence-electron chi connectivity index (χ3n) is 5.25. The number of anilines is 1. The Bertz CT molecular complexity index is 782. The van der Waals surface area contributed by atoms with Gasteiger partial charge in [0.05, 0.1) is 12.0 Å². The number of carbonyl (C=O) groups is 3. The first-order valence-electron chi connectivity index (χ1n) is 9.48. The SMILES string of the molecule is CCc1ccc(N2C[C@@H](C(=O)OCC(=O)N[C@](C)(C#N)C(C)C)CC2=O)cc1. The zero-order chi connectivity index (χ0) is 20.9. The van der Waals surface area contributed by atoms with Gasteiger partial charge in [0.1, 0.15) is 5.54 Å². The molecule has 1 aliphatic rings. The molecule has 150 valence electrons. The minimum atomic E-state index is -1.03. The number of hydrogen-bond donors (Lipinski definition) is 1. The minimum Gasteiger partial charge on any atom is -0.455 e. The van der Waals surface area contributed by atoms with Crippen LogP contribution >= 0.6 is 0 Å². The number of rotatable bonds is 7. The van der Waals surface area contributed by atoms with Crippen molar-refractivity contribution in [3.8, 4) is 6.07 Å². The molecule has 1 heterocycles. The summed E-state index contributed by atoms with van der Waals surface area (Å²) in [5.74, 6) is -1.98. The monoisotopic (exact) mass is 385 g/mol. The first-order valence-corrected chi connectivity index (χ1v) is 9.48. The van der Waals surface area contributed by atoms with Crippen LogP contribution in [0.3, 0.4) is 0 Å². The molecule has 2 atom stereocenters. The Labute approximate surface area is 165 Å². The molecule has 1 aliphatic heterocycles. The Hall–Kier alpha value is -2.88. The van der Waals surface area contributed by atoms with E-state index in [-0.39, 0.29) is 24.8 Å². The predicted octanol–water partition coefficient (Wildman–Crippen LogP) is 2.20. The topological polar surface area (TPSA) is 99.5 Å². The quantitative estimate of drug-likeness (QED) is 0.726. The lowest BCUT2D eigenvalue weighted by molar-refractivity contribution is -0.152. The molecule has 1 aromatic carbocycles. The molecule has 7 heteroatoms. The number of esters is 1. The number of ether oxygens (including phenoxy) is 1. The summed E-state index contributed by atoms with van der Waals surface area (Å²) in [7, 11) is 0. The van der Waals surface area contributed by atoms with Crippen LogP contribution in [0.25, 0.3) is 0 Å². The normalized spacial score (nSPS) is 18.5. The van der Waals surface area contributed by atoms with E-state index in [1.54, 1.807) is 11.8 Å². The third-order valence-corrected chi connectivity index (χ3v) is 5.25. The van der Waals surface area contributed by atoms with Gasteiger partial charge in [-0.3, -0.25) is 14.4 Å². The maximum absolute atomic E-state index is 12.3. The third kappa shape index (κ3) is 4.89. The summed E-state index contributed by atoms with van der Waals surface area (Å²) in [4.78, 5) is 38.2. The van der Waals surface area contributed by atoms with Crippen LogP contribution in [0.15, 0.2) is 24.3 Å². The van der Waals surface area contributed by atoms with Gasteiger partial charge in [0, 0.05) is 18.7 Å². The Morgan fingerprint density at radius 2 is 2.00 bits per heavy atom. The summed E-state index contributed by atoms with van der Waals surface area (Å²) >= 11 is 0. The van der Waals surface area contributed by atoms with Crippen molar-refractivity contribution in [1.82, 2.24) is 5.32 Å². The van der Waals surface area contributed by atoms with Crippen molar-refractivity contribution in [2.75, 3.05) is 18.1 Å². The molecule has 1 N–H and O–H groups in total. The molecule has 1 saturated heterocycles. The fraction of sp³-hybridized carbons (Fsp3) is 0.524. The Morgan fingerprint density at radius 3 is 2.54 bits per heavy atom. The van der Waals surface area contributed by atoms with Crippen LogP contribution in [0.1, 0.15) is 39.7 Å². The summed E-state index contributed by atoms with van der Waals surface area (Å²) in [6.45, 7) is 7.07. The van der Waals surface area contributed by atoms with E-state index in [0.29, 0.717) is 0 Å². The Balaban J connectivity index is 1.90. The molecule has 0 unspecified atom stereocenters. The highest BCUT2D eigenvalue weighted by atomic mass is 16.5. The summed E-state index contributed by atoms with van der Waals surface area (Å²) < 4.78 is 5.09. The summed E-state index contributed by atoms with van der Waals surface area (Å²) in [5.41, 5.74) is 0.883. The largest absolute Gasteiger partial charge is 0.455 e. The van der Waals surface area contributed by atoms with Gasteiger partial charge in [-0.2, -0.15) is 5.26 Å². The maximum Gasteiger partial charge on any atom is 0.311 e. The number of carbonyl (C=O) groups excluding carboxylic acids is 3. The van der Waals surface area contributed by atoms with Crippen LogP contribution in [0, 0.1) is 23.2 Å². The highest BCUT2D eigenvalue weighted by molar-refractivity contribution is 5.99. The molecular formula is C21H27N3O4. The van der Waals surface area contributed by atoms with E-state index in [1.165, 1.54) is 5.56 Å². The molecule has 0 bridgehead atoms. The van der Waals surface area contributed by atoms with Crippen LogP contribution < -0.4 is 10.2 Å². The maximum atomic E-state index is 12.3. The molecule has 1 aromatic rings. The van der Waals surface area contributed by atoms with E-state index in [4.69, 9.17) is 4.74 Å². The molecule has 0 aromatic heterocycles. The van der Waals surface area contributed by atoms with E-state index in [2.05, 4.69) is 18.3 Å². The number of nitrogens with zero attached hydrogens (tertiary/aromatic N) is 2. The molecule has 28 heavy (non-hydrogen) atoms. The molecule has 2 amide bonds. The van der Waals surface area contributed by atoms with Crippen molar-refractivity contribution < 1.29 is 19.1 Å². The smallest absolute Gasteiger partial charge is 0.311 e. The molecule has 2 rings (SSSR count). The predicted molar refractivity (Wildman–Crippen MR) is 104 cm³/mol. The van der Waals surface area contributed by atoms with Crippen molar-refractivity contribution in [3.05, 3.63) is 29.8 Å². The molecule has 0 spiro atoms. The Morgan fingerprint density at radius 1 is 1.36 bits per heavy atom. The van der Waals surface area contributed by atoms with Gasteiger partial charge in [0.25, 0.3) is 5.91 Å². The van der Waals surface area contributed by atoms with E-state index >= 15 is 0 Å². The summed E-state index contributed by atoms with van der Waals surface area (Å²) in [6, 6.07) is 9.72. The molecule has 7 nitrogen and oxygen atoms in total. The highest BCUT2D eigenvalue weighted by Crippen LogP contribution is 2.26. The second kappa shape index (κ2) is 8.87. The van der Waals surface area contributed by atoms with Gasteiger partial charge in [0.2, 0.25) is 5.91 Å². The number of amides is 2. The second-order valence-electron chi connectivity index (χ2n) is 7.55. The molecule has 0 saturated carbocycles. The van der Waals surface area contributed by atoms with Crippen LogP contribution in [-0.2, 0) is 25.5 Å². The molecular weight excluding hydrogens is 358 g/mol. The van der Waals surface area contributed by atoms with Crippen molar-refractivity contribution in [1.29, 1.82) is 5.26 Å². The zero-order valence-electron chi connectivity index (χ0n) is 16.8.